The SMILES string of the molecule is Cc1ccc(N(C(=O)CCC(=O)Nc2cc(C)on2)[C@H](C(=O)NC(C)(C)C)c2ccccc2Cl)cc1. The molecule has 0 unspecified atom stereocenters. The Morgan fingerprint density at radius 3 is 2.28 bits per heavy atom. The second kappa shape index (κ2) is 11.4. The van der Waals surface area contributed by atoms with Gasteiger partial charge in [0.15, 0.2) is 5.82 Å². The molecule has 0 aliphatic rings. The molecule has 0 bridgehead atoms. The number of nitrogens with zero attached hydrogens (tertiary/aromatic N) is 2. The van der Waals surface area contributed by atoms with Crippen LogP contribution in [-0.2, 0) is 14.4 Å². The molecule has 0 radical (unpaired) electrons. The van der Waals surface area contributed by atoms with E-state index in [9.17, 15) is 14.4 Å². The predicted octanol–water partition coefficient (Wildman–Crippen LogP) is 5.35. The van der Waals surface area contributed by atoms with Crippen LogP contribution in [0.4, 0.5) is 11.5 Å². The average Bonchev–Trinajstić information content (AvgIpc) is 3.20. The van der Waals surface area contributed by atoms with E-state index in [1.165, 1.54) is 4.90 Å². The van der Waals surface area contributed by atoms with Gasteiger partial charge in [-0.2, -0.15) is 0 Å². The summed E-state index contributed by atoms with van der Waals surface area (Å²) >= 11 is 6.52. The van der Waals surface area contributed by atoms with Gasteiger partial charge in [0.05, 0.1) is 0 Å². The van der Waals surface area contributed by atoms with Crippen LogP contribution in [0.2, 0.25) is 5.02 Å². The molecular formula is C27H31ClN4O4. The second-order valence-corrected chi connectivity index (χ2v) is 10.0. The molecule has 1 atom stereocenters. The molecule has 3 rings (SSSR count). The molecule has 3 aromatic rings. The number of aryl methyl sites for hydroxylation is 2. The topological polar surface area (TPSA) is 105 Å². The number of hydrogen-bond acceptors (Lipinski definition) is 5. The van der Waals surface area contributed by atoms with Crippen LogP contribution in [0.25, 0.3) is 0 Å². The summed E-state index contributed by atoms with van der Waals surface area (Å²) in [4.78, 5) is 41.2. The Morgan fingerprint density at radius 1 is 1.03 bits per heavy atom. The van der Waals surface area contributed by atoms with Crippen molar-refractivity contribution in [2.24, 2.45) is 0 Å². The maximum Gasteiger partial charge on any atom is 0.248 e. The van der Waals surface area contributed by atoms with Gasteiger partial charge < -0.3 is 15.2 Å². The highest BCUT2D eigenvalue weighted by Crippen LogP contribution is 2.33. The molecule has 0 spiro atoms. The molecule has 2 aromatic carbocycles. The molecule has 0 aliphatic heterocycles. The summed E-state index contributed by atoms with van der Waals surface area (Å²) in [5.74, 6) is -0.349. The Kier molecular flexibility index (Phi) is 8.53. The van der Waals surface area contributed by atoms with Gasteiger partial charge in [-0.15, -0.1) is 0 Å². The summed E-state index contributed by atoms with van der Waals surface area (Å²) in [5, 5.41) is 9.68. The van der Waals surface area contributed by atoms with E-state index < -0.39 is 23.4 Å². The van der Waals surface area contributed by atoms with Crippen molar-refractivity contribution in [1.29, 1.82) is 0 Å². The minimum Gasteiger partial charge on any atom is -0.360 e. The van der Waals surface area contributed by atoms with Crippen molar-refractivity contribution in [3.63, 3.8) is 0 Å². The Labute approximate surface area is 216 Å². The van der Waals surface area contributed by atoms with E-state index in [1.807, 2.05) is 39.8 Å². The summed E-state index contributed by atoms with van der Waals surface area (Å²) in [6.07, 6.45) is -0.247. The molecule has 8 nitrogen and oxygen atoms in total. The van der Waals surface area contributed by atoms with Crippen LogP contribution in [0.15, 0.2) is 59.1 Å². The maximum atomic E-state index is 13.7. The summed E-state index contributed by atoms with van der Waals surface area (Å²) in [7, 11) is 0. The molecule has 0 saturated carbocycles. The number of hydrogen-bond donors (Lipinski definition) is 2. The first kappa shape index (κ1) is 26.9. The van der Waals surface area contributed by atoms with Gasteiger partial charge in [-0.3, -0.25) is 19.3 Å². The highest BCUT2D eigenvalue weighted by molar-refractivity contribution is 6.31. The first-order chi connectivity index (χ1) is 16.9. The van der Waals surface area contributed by atoms with Crippen molar-refractivity contribution < 1.29 is 18.9 Å². The van der Waals surface area contributed by atoms with Gasteiger partial charge in [-0.1, -0.05) is 52.7 Å². The van der Waals surface area contributed by atoms with E-state index in [4.69, 9.17) is 16.1 Å². The molecule has 1 heterocycles. The summed E-state index contributed by atoms with van der Waals surface area (Å²) in [6.45, 7) is 9.24. The minimum atomic E-state index is -1.05. The Balaban J connectivity index is 1.96. The van der Waals surface area contributed by atoms with Crippen LogP contribution in [0.5, 0.6) is 0 Å². The lowest BCUT2D eigenvalue weighted by Gasteiger charge is -2.34. The number of amides is 3. The molecule has 9 heteroatoms. The van der Waals surface area contributed by atoms with Crippen LogP contribution in [-0.4, -0.2) is 28.4 Å². The van der Waals surface area contributed by atoms with Gasteiger partial charge in [0.2, 0.25) is 17.7 Å². The number of halogens is 1. The summed E-state index contributed by atoms with van der Waals surface area (Å²) < 4.78 is 4.96. The third-order valence-corrected chi connectivity index (χ3v) is 5.59. The van der Waals surface area contributed by atoms with Crippen molar-refractivity contribution in [2.45, 2.75) is 59.0 Å². The zero-order chi connectivity index (χ0) is 26.5. The lowest BCUT2D eigenvalue weighted by atomic mass is 10.00. The smallest absolute Gasteiger partial charge is 0.248 e. The monoisotopic (exact) mass is 510 g/mol. The molecule has 36 heavy (non-hydrogen) atoms. The van der Waals surface area contributed by atoms with Crippen LogP contribution < -0.4 is 15.5 Å². The van der Waals surface area contributed by atoms with E-state index >= 15 is 0 Å². The molecule has 0 aliphatic carbocycles. The van der Waals surface area contributed by atoms with Crippen LogP contribution in [0.3, 0.4) is 0 Å². The fourth-order valence-corrected chi connectivity index (χ4v) is 3.89. The lowest BCUT2D eigenvalue weighted by molar-refractivity contribution is -0.128. The van der Waals surface area contributed by atoms with Crippen LogP contribution in [0.1, 0.15) is 56.5 Å². The van der Waals surface area contributed by atoms with Crippen molar-refractivity contribution >= 4 is 40.8 Å². The Bertz CT molecular complexity index is 1230. The summed E-state index contributed by atoms with van der Waals surface area (Å²) in [6, 6.07) is 14.8. The number of nitrogens with one attached hydrogen (secondary N) is 2. The van der Waals surface area contributed by atoms with Crippen molar-refractivity contribution in [3.8, 4) is 0 Å². The standard InChI is InChI=1S/C27H31ClN4O4/c1-17-10-12-19(13-11-17)32(24(34)15-14-23(33)29-22-16-18(2)36-31-22)25(26(35)30-27(3,4)5)20-8-6-7-9-21(20)28/h6-13,16,25H,14-15H2,1-5H3,(H,30,35)(H,29,31,33)/t25-/m0/s1. The largest absolute Gasteiger partial charge is 0.360 e. The number of anilines is 2. The Hall–Kier alpha value is -3.65. The van der Waals surface area contributed by atoms with Gasteiger partial charge in [0.25, 0.3) is 0 Å². The first-order valence-electron chi connectivity index (χ1n) is 11.6. The van der Waals surface area contributed by atoms with Gasteiger partial charge >= 0.3 is 0 Å². The van der Waals surface area contributed by atoms with Gasteiger partial charge in [0.1, 0.15) is 11.8 Å². The second-order valence-electron chi connectivity index (χ2n) is 9.63. The molecule has 0 saturated heterocycles. The zero-order valence-electron chi connectivity index (χ0n) is 21.1. The van der Waals surface area contributed by atoms with Crippen molar-refractivity contribution in [2.75, 3.05) is 10.2 Å². The predicted molar refractivity (Wildman–Crippen MR) is 140 cm³/mol. The fraction of sp³-hybridized carbons (Fsp3) is 0.333. The van der Waals surface area contributed by atoms with E-state index in [0.717, 1.165) is 5.56 Å². The van der Waals surface area contributed by atoms with E-state index in [-0.39, 0.29) is 24.6 Å². The Morgan fingerprint density at radius 2 is 1.69 bits per heavy atom. The maximum absolute atomic E-state index is 13.7. The average molecular weight is 511 g/mol. The van der Waals surface area contributed by atoms with Crippen molar-refractivity contribution in [3.05, 3.63) is 76.5 Å². The minimum absolute atomic E-state index is 0.108. The summed E-state index contributed by atoms with van der Waals surface area (Å²) in [5.41, 5.74) is 1.46. The van der Waals surface area contributed by atoms with Crippen LogP contribution >= 0.6 is 11.6 Å². The highest BCUT2D eigenvalue weighted by Gasteiger charge is 2.35. The molecule has 1 aromatic heterocycles. The molecule has 0 fully saturated rings. The number of carbonyl (C=O) groups is 3. The molecule has 190 valence electrons. The molecular weight excluding hydrogens is 480 g/mol. The number of carbonyl (C=O) groups excluding carboxylic acids is 3. The van der Waals surface area contributed by atoms with Crippen LogP contribution in [0, 0.1) is 13.8 Å². The van der Waals surface area contributed by atoms with Crippen molar-refractivity contribution in [1.82, 2.24) is 10.5 Å². The number of aromatic nitrogens is 1. The quantitative estimate of drug-likeness (QED) is 0.425. The van der Waals surface area contributed by atoms with E-state index in [2.05, 4.69) is 15.8 Å². The third kappa shape index (κ3) is 7.18. The van der Waals surface area contributed by atoms with E-state index in [1.54, 1.807) is 49.4 Å². The van der Waals surface area contributed by atoms with Gasteiger partial charge in [-0.05, 0) is 52.8 Å². The highest BCUT2D eigenvalue weighted by atomic mass is 35.5. The number of benzene rings is 2. The normalized spacial score (nSPS) is 12.1. The van der Waals surface area contributed by atoms with E-state index in [0.29, 0.717) is 22.0 Å². The number of rotatable bonds is 8. The first-order valence-corrected chi connectivity index (χ1v) is 12.0. The van der Waals surface area contributed by atoms with Gasteiger partial charge in [-0.25, -0.2) is 0 Å². The fourth-order valence-electron chi connectivity index (χ4n) is 3.65. The zero-order valence-corrected chi connectivity index (χ0v) is 21.8. The lowest BCUT2D eigenvalue weighted by Crippen LogP contribution is -2.49. The molecule has 2 N–H and O–H groups in total. The third-order valence-electron chi connectivity index (χ3n) is 5.25. The van der Waals surface area contributed by atoms with Gasteiger partial charge in [0, 0.05) is 40.7 Å². The molecule has 3 amide bonds.